The quantitative estimate of drug-likeness (QED) is 0.150. The predicted octanol–water partition coefficient (Wildman–Crippen LogP) is 4.87. The maximum Gasteiger partial charge on any atom is 0.344 e. The smallest absolute Gasteiger partial charge is 0.344 e. The summed E-state index contributed by atoms with van der Waals surface area (Å²) in [7, 11) is 7.33. The first-order chi connectivity index (χ1) is 33.2. The fourth-order valence-electron chi connectivity index (χ4n) is 14.4. The number of ether oxygens (including phenoxy) is 5. The van der Waals surface area contributed by atoms with Crippen molar-refractivity contribution in [1.29, 1.82) is 0 Å². The molecule has 5 aliphatic heterocycles. The van der Waals surface area contributed by atoms with E-state index in [-0.39, 0.29) is 30.7 Å². The summed E-state index contributed by atoms with van der Waals surface area (Å²) < 4.78 is 29.8. The summed E-state index contributed by atoms with van der Waals surface area (Å²) in [5.41, 5.74) is -1.86. The fourth-order valence-corrected chi connectivity index (χ4v) is 14.4. The van der Waals surface area contributed by atoms with Gasteiger partial charge in [0, 0.05) is 89.9 Å². The molecular formula is C54H69N5O11. The van der Waals surface area contributed by atoms with E-state index in [9.17, 15) is 24.3 Å². The molecule has 3 N–H and O–H groups in total. The average molecular weight is 964 g/mol. The number of carbonyl (C=O) groups is 5. The maximum atomic E-state index is 15.8. The minimum absolute atomic E-state index is 0.0213. The number of esters is 4. The summed E-state index contributed by atoms with van der Waals surface area (Å²) >= 11 is 0. The number of nitrogens with one attached hydrogen (secondary N) is 2. The van der Waals surface area contributed by atoms with Gasteiger partial charge in [0.05, 0.1) is 40.4 Å². The first-order valence-corrected chi connectivity index (χ1v) is 24.6. The summed E-state index contributed by atoms with van der Waals surface area (Å²) in [5.74, 6) is -4.02. The van der Waals surface area contributed by atoms with Gasteiger partial charge in [0.1, 0.15) is 17.2 Å². The fraction of sp³-hybridized carbons (Fsp3) is 0.574. The molecule has 2 bridgehead atoms. The zero-order valence-electron chi connectivity index (χ0n) is 42.4. The standard InChI is InChI=1S/C54H69N5O11/c1-12-31-23-32-27-53(48(63)68-10,42-34(33-17-14-15-18-38(33)55-42)24-35(44(62)67-9)41(59(28-31)29-32)43(61)56-50(4,5)6)37-25-36-39(26-40(37)66-8)57(7)46-52(36)20-22-58-21-16-19-51(13-2,45(52)58)47(70-30(3)60)54(46,65)49(64)69-11/h14-19,23,25-26,32,35,41,45-47,55,65H,12-13,20-22,24,27-29H2,1-11H3,(H,56,61)/t32-,35+,41-,45-,46+,47+,51+,52+,53-,54-/m0/s1. The number of methoxy groups -OCH3 is 4. The van der Waals surface area contributed by atoms with E-state index in [1.807, 2.05) is 88.2 Å². The Hall–Kier alpha value is -5.71. The Morgan fingerprint density at radius 1 is 0.943 bits per heavy atom. The van der Waals surface area contributed by atoms with E-state index in [4.69, 9.17) is 23.7 Å². The second-order valence-corrected chi connectivity index (χ2v) is 21.5. The summed E-state index contributed by atoms with van der Waals surface area (Å²) in [6, 6.07) is 9.30. The highest BCUT2D eigenvalue weighted by Crippen LogP contribution is 2.68. The van der Waals surface area contributed by atoms with Crippen molar-refractivity contribution in [3.05, 3.63) is 82.6 Å². The van der Waals surface area contributed by atoms with Crippen molar-refractivity contribution >= 4 is 46.4 Å². The van der Waals surface area contributed by atoms with Crippen molar-refractivity contribution in [2.24, 2.45) is 17.3 Å². The van der Waals surface area contributed by atoms with E-state index in [1.165, 1.54) is 28.3 Å². The highest BCUT2D eigenvalue weighted by atomic mass is 16.6. The van der Waals surface area contributed by atoms with Crippen LogP contribution in [0, 0.1) is 17.3 Å². The van der Waals surface area contributed by atoms with Gasteiger partial charge in [0.2, 0.25) is 11.5 Å². The molecule has 1 saturated heterocycles. The molecule has 11 atom stereocenters. The number of anilines is 1. The van der Waals surface area contributed by atoms with Crippen LogP contribution in [0.2, 0.25) is 0 Å². The number of nitrogens with zero attached hydrogens (tertiary/aromatic N) is 3. The van der Waals surface area contributed by atoms with Crippen LogP contribution in [0.3, 0.4) is 0 Å². The second kappa shape index (κ2) is 17.5. The predicted molar refractivity (Wildman–Crippen MR) is 261 cm³/mol. The molecule has 1 spiro atoms. The third kappa shape index (κ3) is 6.96. The van der Waals surface area contributed by atoms with E-state index >= 15 is 4.79 Å². The lowest BCUT2D eigenvalue weighted by molar-refractivity contribution is -0.228. The topological polar surface area (TPSA) is 189 Å². The Morgan fingerprint density at radius 3 is 2.31 bits per heavy atom. The van der Waals surface area contributed by atoms with Gasteiger partial charge < -0.3 is 44.0 Å². The van der Waals surface area contributed by atoms with Crippen LogP contribution in [0.5, 0.6) is 5.75 Å². The summed E-state index contributed by atoms with van der Waals surface area (Å²) in [5, 5.41) is 17.4. The molecule has 1 unspecified atom stereocenters. The minimum atomic E-state index is -2.38. The molecule has 1 saturated carbocycles. The molecule has 3 aromatic rings. The van der Waals surface area contributed by atoms with Gasteiger partial charge >= 0.3 is 23.9 Å². The Kier molecular flexibility index (Phi) is 12.4. The van der Waals surface area contributed by atoms with E-state index in [1.54, 1.807) is 7.11 Å². The van der Waals surface area contributed by atoms with Gasteiger partial charge in [-0.1, -0.05) is 55.8 Å². The number of rotatable bonds is 9. The average Bonchev–Trinajstić information content (AvgIpc) is 3.99. The van der Waals surface area contributed by atoms with E-state index in [0.29, 0.717) is 79.2 Å². The number of amides is 1. The van der Waals surface area contributed by atoms with Gasteiger partial charge in [0.25, 0.3) is 0 Å². The van der Waals surface area contributed by atoms with Gasteiger partial charge in [-0.15, -0.1) is 0 Å². The lowest BCUT2D eigenvalue weighted by Gasteiger charge is -2.63. The molecule has 16 nitrogen and oxygen atoms in total. The number of hydrogen-bond donors (Lipinski definition) is 3. The molecule has 2 fully saturated rings. The van der Waals surface area contributed by atoms with Crippen molar-refractivity contribution in [2.75, 3.05) is 66.6 Å². The van der Waals surface area contributed by atoms with Crippen molar-refractivity contribution in [3.8, 4) is 5.75 Å². The largest absolute Gasteiger partial charge is 0.496 e. The number of hydrogen-bond acceptors (Lipinski definition) is 14. The van der Waals surface area contributed by atoms with Crippen molar-refractivity contribution in [2.45, 2.75) is 120 Å². The minimum Gasteiger partial charge on any atom is -0.496 e. The van der Waals surface area contributed by atoms with E-state index < -0.39 is 75.4 Å². The number of para-hydroxylation sites is 1. The number of likely N-dealkylation sites (N-methyl/N-ethyl adjacent to an activating group) is 1. The van der Waals surface area contributed by atoms with Crippen LogP contribution < -0.4 is 15.0 Å². The van der Waals surface area contributed by atoms with Gasteiger partial charge in [-0.05, 0) is 88.6 Å². The van der Waals surface area contributed by atoms with Crippen LogP contribution in [0.25, 0.3) is 10.9 Å². The van der Waals surface area contributed by atoms with Crippen molar-refractivity contribution in [3.63, 3.8) is 0 Å². The zero-order chi connectivity index (χ0) is 50.5. The zero-order valence-corrected chi connectivity index (χ0v) is 42.4. The monoisotopic (exact) mass is 963 g/mol. The Morgan fingerprint density at radius 2 is 1.67 bits per heavy atom. The number of aromatic nitrogens is 1. The normalized spacial score (nSPS) is 33.2. The third-order valence-corrected chi connectivity index (χ3v) is 16.8. The number of H-pyrrole nitrogens is 1. The van der Waals surface area contributed by atoms with Crippen molar-refractivity contribution < 1.29 is 52.8 Å². The molecule has 2 aromatic carbocycles. The second-order valence-electron chi connectivity index (χ2n) is 21.5. The molecule has 6 aliphatic rings. The molecule has 9 rings (SSSR count). The summed E-state index contributed by atoms with van der Waals surface area (Å²) in [4.78, 5) is 82.9. The van der Waals surface area contributed by atoms with E-state index in [2.05, 4.69) is 33.1 Å². The number of aliphatic hydroxyl groups is 1. The van der Waals surface area contributed by atoms with Crippen LogP contribution in [0.1, 0.15) is 89.6 Å². The number of carbonyl (C=O) groups excluding carboxylic acids is 5. The van der Waals surface area contributed by atoms with Gasteiger partial charge in [-0.2, -0.15) is 0 Å². The molecule has 16 heteroatoms. The first kappa shape index (κ1) is 49.3. The van der Waals surface area contributed by atoms with Crippen molar-refractivity contribution in [1.82, 2.24) is 20.1 Å². The molecule has 6 heterocycles. The molecular weight excluding hydrogens is 895 g/mol. The number of benzene rings is 2. The highest BCUT2D eigenvalue weighted by molar-refractivity contribution is 5.96. The molecule has 376 valence electrons. The van der Waals surface area contributed by atoms with Crippen LogP contribution >= 0.6 is 0 Å². The summed E-state index contributed by atoms with van der Waals surface area (Å²) in [6.07, 6.45) is 6.68. The molecule has 70 heavy (non-hydrogen) atoms. The van der Waals surface area contributed by atoms with Gasteiger partial charge in [-0.3, -0.25) is 29.0 Å². The molecule has 0 radical (unpaired) electrons. The van der Waals surface area contributed by atoms with Crippen LogP contribution in [0.15, 0.2) is 60.2 Å². The lowest BCUT2D eigenvalue weighted by Crippen LogP contribution is -2.81. The molecule has 1 amide bonds. The molecule has 1 aromatic heterocycles. The number of aromatic amines is 1. The Labute approximate surface area is 410 Å². The Bertz CT molecular complexity index is 2710. The maximum absolute atomic E-state index is 15.8. The SMILES string of the molecule is CCC1=C[C@@H]2CN(C1)[C@H](C(=O)NC(C)(C)C)[C@H](C(=O)OC)Cc1c([nH]c3ccccc13)[C@@](C(=O)OC)(c1cc3c(cc1OC)N(C)[C@H]1[C@@](O)(C(=O)OC)[C@H](OC(C)=O)[C@]4(CC)C=CCN5CC[C@]31[C@@H]54)C2. The lowest BCUT2D eigenvalue weighted by atomic mass is 9.47. The Balaban J connectivity index is 1.38. The third-order valence-electron chi connectivity index (χ3n) is 16.8. The molecule has 1 aliphatic carbocycles. The first-order valence-electron chi connectivity index (χ1n) is 24.6. The van der Waals surface area contributed by atoms with Gasteiger partial charge in [0.15, 0.2) is 6.10 Å². The van der Waals surface area contributed by atoms with Crippen LogP contribution in [0.4, 0.5) is 5.69 Å². The van der Waals surface area contributed by atoms with Crippen LogP contribution in [-0.2, 0) is 60.2 Å². The highest BCUT2D eigenvalue weighted by Gasteiger charge is 2.80. The van der Waals surface area contributed by atoms with E-state index in [0.717, 1.165) is 16.5 Å². The summed E-state index contributed by atoms with van der Waals surface area (Å²) in [6.45, 7) is 13.0. The number of fused-ring (bicyclic) bond motifs is 6. The van der Waals surface area contributed by atoms with Crippen LogP contribution in [-0.4, -0.2) is 147 Å². The van der Waals surface area contributed by atoms with Gasteiger partial charge in [-0.25, -0.2) is 4.79 Å².